The number of halogens is 3. The molecule has 0 fully saturated rings. The Kier molecular flexibility index (Phi) is 5.09. The highest BCUT2D eigenvalue weighted by Crippen LogP contribution is 2.35. The molecule has 3 rings (SSSR count). The van der Waals surface area contributed by atoms with Gasteiger partial charge in [0.1, 0.15) is 11.3 Å². The first kappa shape index (κ1) is 19.8. The maximum Gasteiger partial charge on any atom is 0.416 e. The van der Waals surface area contributed by atoms with Crippen LogP contribution in [-0.4, -0.2) is 33.3 Å². The van der Waals surface area contributed by atoms with Crippen molar-refractivity contribution >= 4 is 31.1 Å². The lowest BCUT2D eigenvalue weighted by Crippen LogP contribution is -2.43. The average molecular weight is 387 g/mol. The highest BCUT2D eigenvalue weighted by Gasteiger charge is 2.36. The summed E-state index contributed by atoms with van der Waals surface area (Å²) < 4.78 is 40.0. The lowest BCUT2D eigenvalue weighted by atomic mass is 10.0. The molecule has 0 unspecified atom stereocenters. The van der Waals surface area contributed by atoms with E-state index in [0.717, 1.165) is 12.3 Å². The molecule has 0 spiro atoms. The number of benzene rings is 1. The fraction of sp³-hybridized carbons (Fsp3) is 0.312. The molecule has 1 atom stereocenters. The number of carboxylic acids is 1. The van der Waals surface area contributed by atoms with Gasteiger partial charge >= 0.3 is 12.1 Å². The van der Waals surface area contributed by atoms with Crippen molar-refractivity contribution in [1.29, 1.82) is 0 Å². The lowest BCUT2D eigenvalue weighted by molar-refractivity contribution is -0.138. The number of anilines is 1. The molecule has 1 aromatic carbocycles. The van der Waals surface area contributed by atoms with Gasteiger partial charge in [0.05, 0.1) is 17.8 Å². The summed E-state index contributed by atoms with van der Waals surface area (Å²) in [5, 5.41) is 13.2. The van der Waals surface area contributed by atoms with Crippen molar-refractivity contribution in [2.45, 2.75) is 26.1 Å². The van der Waals surface area contributed by atoms with E-state index in [1.807, 2.05) is 0 Å². The zero-order valence-corrected chi connectivity index (χ0v) is 14.8. The van der Waals surface area contributed by atoms with Crippen LogP contribution in [0.2, 0.25) is 0 Å². The van der Waals surface area contributed by atoms with E-state index in [1.165, 1.54) is 28.6 Å². The Morgan fingerprint density at radius 3 is 2.54 bits per heavy atom. The van der Waals surface area contributed by atoms with E-state index in [9.17, 15) is 27.9 Å². The number of rotatable bonds is 2. The van der Waals surface area contributed by atoms with E-state index in [-0.39, 0.29) is 48.6 Å². The number of alkyl halides is 3. The van der Waals surface area contributed by atoms with Crippen LogP contribution in [-0.2, 0) is 6.18 Å². The van der Waals surface area contributed by atoms with Gasteiger partial charge in [-0.3, -0.25) is 9.48 Å². The van der Waals surface area contributed by atoms with Crippen LogP contribution in [0.3, 0.4) is 0 Å². The van der Waals surface area contributed by atoms with Crippen LogP contribution in [0.1, 0.15) is 44.9 Å². The molecule has 0 aliphatic carbocycles. The predicted octanol–water partition coefficient (Wildman–Crippen LogP) is 3.24. The van der Waals surface area contributed by atoms with Gasteiger partial charge in [0.25, 0.3) is 5.91 Å². The number of hydrogen-bond donors (Lipinski definition) is 1. The van der Waals surface area contributed by atoms with E-state index >= 15 is 0 Å². The molecule has 2 heterocycles. The molecule has 0 bridgehead atoms. The van der Waals surface area contributed by atoms with E-state index < -0.39 is 23.6 Å². The van der Waals surface area contributed by atoms with Crippen molar-refractivity contribution in [3.05, 3.63) is 46.8 Å². The third-order valence-electron chi connectivity index (χ3n) is 4.16. The molecule has 0 saturated carbocycles. The Hall–Kier alpha value is -2.49. The first-order valence-electron chi connectivity index (χ1n) is 7.41. The normalized spacial score (nSPS) is 16.9. The summed E-state index contributed by atoms with van der Waals surface area (Å²) >= 11 is 0. The second kappa shape index (κ2) is 6.67. The standard InChI is InChI=1S/C16H14F3N3O3.H2S/c1-8-5-10(3-4-12(8)16(17,18)19)21-7-9(2)22-13(14(21)23)11(6-20-22)15(24)25;/h3-6,9H,7H2,1-2H3,(H,24,25);1H2/t9-;/m0./s1. The number of aromatic nitrogens is 2. The molecule has 1 aromatic heterocycles. The van der Waals surface area contributed by atoms with Crippen LogP contribution in [0.4, 0.5) is 18.9 Å². The predicted molar refractivity (Wildman–Crippen MR) is 92.1 cm³/mol. The number of carbonyl (C=O) groups excluding carboxylic acids is 1. The molecule has 0 radical (unpaired) electrons. The Morgan fingerprint density at radius 2 is 2.00 bits per heavy atom. The zero-order valence-electron chi connectivity index (χ0n) is 13.8. The summed E-state index contributed by atoms with van der Waals surface area (Å²) in [4.78, 5) is 25.3. The van der Waals surface area contributed by atoms with Gasteiger partial charge in [-0.1, -0.05) is 0 Å². The Bertz CT molecular complexity index is 879. The number of aryl methyl sites for hydroxylation is 1. The largest absolute Gasteiger partial charge is 0.478 e. The van der Waals surface area contributed by atoms with Crippen LogP contribution >= 0.6 is 13.5 Å². The topological polar surface area (TPSA) is 75.4 Å². The minimum absolute atomic E-state index is 0. The van der Waals surface area contributed by atoms with Crippen LogP contribution in [0.5, 0.6) is 0 Å². The third-order valence-corrected chi connectivity index (χ3v) is 4.16. The van der Waals surface area contributed by atoms with Gasteiger partial charge in [-0.15, -0.1) is 0 Å². The van der Waals surface area contributed by atoms with Gasteiger partial charge in [-0.25, -0.2) is 4.79 Å². The highest BCUT2D eigenvalue weighted by molar-refractivity contribution is 7.59. The molecule has 1 aliphatic rings. The van der Waals surface area contributed by atoms with Crippen LogP contribution in [0.15, 0.2) is 24.4 Å². The van der Waals surface area contributed by atoms with E-state index in [4.69, 9.17) is 0 Å². The second-order valence-corrected chi connectivity index (χ2v) is 5.92. The SMILES string of the molecule is Cc1cc(N2C[C@H](C)n3ncc(C(=O)O)c3C2=O)ccc1C(F)(F)F.S. The minimum atomic E-state index is -4.48. The van der Waals surface area contributed by atoms with Crippen molar-refractivity contribution in [2.75, 3.05) is 11.4 Å². The Labute approximate surface area is 153 Å². The summed E-state index contributed by atoms with van der Waals surface area (Å²) in [6.07, 6.45) is -3.37. The summed E-state index contributed by atoms with van der Waals surface area (Å²) in [7, 11) is 0. The molecular formula is C16H16F3N3O3S. The number of hydrogen-bond acceptors (Lipinski definition) is 3. The number of nitrogens with zero attached hydrogens (tertiary/aromatic N) is 3. The van der Waals surface area contributed by atoms with E-state index in [0.29, 0.717) is 0 Å². The smallest absolute Gasteiger partial charge is 0.416 e. The molecular weight excluding hydrogens is 371 g/mol. The number of carboxylic acid groups (broad SMARTS) is 1. The van der Waals surface area contributed by atoms with Gasteiger partial charge in [-0.2, -0.15) is 31.8 Å². The summed E-state index contributed by atoms with van der Waals surface area (Å²) in [6, 6.07) is 3.10. The number of carbonyl (C=O) groups is 2. The van der Waals surface area contributed by atoms with Crippen molar-refractivity contribution < 1.29 is 27.9 Å². The Morgan fingerprint density at radius 1 is 1.35 bits per heavy atom. The first-order chi connectivity index (χ1) is 11.6. The molecule has 1 amide bonds. The van der Waals surface area contributed by atoms with Crippen LogP contribution in [0.25, 0.3) is 0 Å². The van der Waals surface area contributed by atoms with Crippen molar-refractivity contribution in [2.24, 2.45) is 0 Å². The molecule has 1 N–H and O–H groups in total. The van der Waals surface area contributed by atoms with Crippen LogP contribution in [0, 0.1) is 6.92 Å². The van der Waals surface area contributed by atoms with Crippen molar-refractivity contribution in [1.82, 2.24) is 9.78 Å². The van der Waals surface area contributed by atoms with E-state index in [2.05, 4.69) is 5.10 Å². The van der Waals surface area contributed by atoms with Crippen molar-refractivity contribution in [3.8, 4) is 0 Å². The van der Waals surface area contributed by atoms with Gasteiger partial charge < -0.3 is 10.0 Å². The zero-order chi connectivity index (χ0) is 18.5. The molecule has 0 saturated heterocycles. The third kappa shape index (κ3) is 3.16. The maximum atomic E-state index is 12.9. The molecule has 2 aromatic rings. The van der Waals surface area contributed by atoms with Gasteiger partial charge in [0, 0.05) is 12.2 Å². The molecule has 140 valence electrons. The average Bonchev–Trinajstić information content (AvgIpc) is 2.95. The second-order valence-electron chi connectivity index (χ2n) is 5.92. The molecule has 10 heteroatoms. The van der Waals surface area contributed by atoms with Gasteiger partial charge in [0.2, 0.25) is 0 Å². The van der Waals surface area contributed by atoms with Gasteiger partial charge in [0.15, 0.2) is 0 Å². The number of aromatic carboxylic acids is 1. The summed E-state index contributed by atoms with van der Waals surface area (Å²) in [6.45, 7) is 3.24. The van der Waals surface area contributed by atoms with Crippen molar-refractivity contribution in [3.63, 3.8) is 0 Å². The van der Waals surface area contributed by atoms with E-state index in [1.54, 1.807) is 6.92 Å². The number of fused-ring (bicyclic) bond motifs is 1. The highest BCUT2D eigenvalue weighted by atomic mass is 32.1. The van der Waals surface area contributed by atoms with Gasteiger partial charge in [-0.05, 0) is 37.6 Å². The lowest BCUT2D eigenvalue weighted by Gasteiger charge is -2.32. The molecule has 26 heavy (non-hydrogen) atoms. The summed E-state index contributed by atoms with van der Waals surface area (Å²) in [5.41, 5.74) is -0.812. The fourth-order valence-corrected chi connectivity index (χ4v) is 2.97. The quantitative estimate of drug-likeness (QED) is 0.858. The molecule has 6 nitrogen and oxygen atoms in total. The fourth-order valence-electron chi connectivity index (χ4n) is 2.97. The molecule has 1 aliphatic heterocycles. The monoisotopic (exact) mass is 387 g/mol. The minimum Gasteiger partial charge on any atom is -0.478 e. The first-order valence-corrected chi connectivity index (χ1v) is 7.41. The summed E-state index contributed by atoms with van der Waals surface area (Å²) in [5.74, 6) is -1.89. The maximum absolute atomic E-state index is 12.9. The number of amides is 1. The Balaban J connectivity index is 0.00000243. The van der Waals surface area contributed by atoms with Crippen LogP contribution < -0.4 is 4.90 Å².